The summed E-state index contributed by atoms with van der Waals surface area (Å²) in [6, 6.07) is 18.2. The van der Waals surface area contributed by atoms with Crippen molar-refractivity contribution in [2.24, 2.45) is 5.92 Å². The van der Waals surface area contributed by atoms with Gasteiger partial charge in [-0.25, -0.2) is 4.98 Å². The zero-order valence-electron chi connectivity index (χ0n) is 17.4. The van der Waals surface area contributed by atoms with Crippen LogP contribution in [-0.2, 0) is 17.8 Å². The lowest BCUT2D eigenvalue weighted by molar-refractivity contribution is -0.116. The van der Waals surface area contributed by atoms with Gasteiger partial charge in [-0.1, -0.05) is 79.9 Å². The first-order valence-electron chi connectivity index (χ1n) is 10.6. The molecule has 0 atom stereocenters. The average molecular weight is 421 g/mol. The van der Waals surface area contributed by atoms with Gasteiger partial charge in [-0.2, -0.15) is 0 Å². The number of anilines is 1. The summed E-state index contributed by atoms with van der Waals surface area (Å²) in [6.45, 7) is 2.59. The van der Waals surface area contributed by atoms with E-state index in [9.17, 15) is 4.79 Å². The molecular formula is C24H28N4OS. The molecular weight excluding hydrogens is 392 g/mol. The van der Waals surface area contributed by atoms with Crippen molar-refractivity contribution in [3.63, 3.8) is 0 Å². The number of hydrogen-bond donors (Lipinski definition) is 1. The van der Waals surface area contributed by atoms with Crippen LogP contribution in [0.3, 0.4) is 0 Å². The fourth-order valence-corrected chi connectivity index (χ4v) is 4.70. The molecule has 30 heavy (non-hydrogen) atoms. The lowest BCUT2D eigenvalue weighted by Gasteiger charge is -2.23. The maximum absolute atomic E-state index is 13.2. The third-order valence-corrected chi connectivity index (χ3v) is 6.42. The molecule has 3 aromatic rings. The van der Waals surface area contributed by atoms with Crippen molar-refractivity contribution in [1.82, 2.24) is 15.2 Å². The van der Waals surface area contributed by atoms with Crippen LogP contribution in [-0.4, -0.2) is 26.8 Å². The fourth-order valence-electron chi connectivity index (χ4n) is 4.01. The molecule has 6 heteroatoms. The Morgan fingerprint density at radius 3 is 2.70 bits per heavy atom. The van der Waals surface area contributed by atoms with Crippen LogP contribution in [0.15, 0.2) is 59.8 Å². The third kappa shape index (κ3) is 5.51. The van der Waals surface area contributed by atoms with E-state index in [-0.39, 0.29) is 5.91 Å². The van der Waals surface area contributed by atoms with E-state index >= 15 is 0 Å². The molecule has 0 unspecified atom stereocenters. The summed E-state index contributed by atoms with van der Waals surface area (Å²) in [7, 11) is 0. The van der Waals surface area contributed by atoms with Crippen molar-refractivity contribution in [3.8, 4) is 0 Å². The second-order valence-electron chi connectivity index (χ2n) is 8.01. The highest BCUT2D eigenvalue weighted by molar-refractivity contribution is 7.99. The first-order chi connectivity index (χ1) is 14.7. The van der Waals surface area contributed by atoms with Gasteiger partial charge in [-0.05, 0) is 36.1 Å². The molecule has 0 radical (unpaired) electrons. The molecule has 1 N–H and O–H groups in total. The van der Waals surface area contributed by atoms with Crippen molar-refractivity contribution in [1.29, 1.82) is 0 Å². The predicted octanol–water partition coefficient (Wildman–Crippen LogP) is 5.17. The van der Waals surface area contributed by atoms with Crippen LogP contribution < -0.4 is 4.90 Å². The highest BCUT2D eigenvalue weighted by atomic mass is 32.2. The van der Waals surface area contributed by atoms with Gasteiger partial charge < -0.3 is 4.90 Å². The molecule has 0 bridgehead atoms. The number of aromatic nitrogens is 3. The van der Waals surface area contributed by atoms with Gasteiger partial charge in [0, 0.05) is 12.1 Å². The summed E-state index contributed by atoms with van der Waals surface area (Å²) >= 11 is 1.40. The number of aromatic amines is 1. The number of nitrogens with zero attached hydrogens (tertiary/aromatic N) is 3. The molecule has 0 spiro atoms. The summed E-state index contributed by atoms with van der Waals surface area (Å²) in [4.78, 5) is 19.6. The number of amides is 1. The normalized spacial score (nSPS) is 14.2. The number of carbonyl (C=O) groups excluding carboxylic acids is 1. The summed E-state index contributed by atoms with van der Waals surface area (Å²) in [5.41, 5.74) is 3.16. The van der Waals surface area contributed by atoms with Gasteiger partial charge in [-0.3, -0.25) is 9.89 Å². The van der Waals surface area contributed by atoms with E-state index in [1.807, 2.05) is 60.4 Å². The smallest absolute Gasteiger partial charge is 0.237 e. The van der Waals surface area contributed by atoms with Crippen LogP contribution in [0.2, 0.25) is 0 Å². The van der Waals surface area contributed by atoms with Crippen LogP contribution >= 0.6 is 11.8 Å². The van der Waals surface area contributed by atoms with Crippen LogP contribution in [0.25, 0.3) is 0 Å². The fraction of sp³-hybridized carbons (Fsp3) is 0.375. The summed E-state index contributed by atoms with van der Waals surface area (Å²) < 4.78 is 0. The van der Waals surface area contributed by atoms with E-state index in [1.165, 1.54) is 37.4 Å². The van der Waals surface area contributed by atoms with Gasteiger partial charge >= 0.3 is 0 Å². The van der Waals surface area contributed by atoms with E-state index in [0.29, 0.717) is 17.5 Å². The zero-order chi connectivity index (χ0) is 20.8. The molecule has 0 saturated heterocycles. The Morgan fingerprint density at radius 1 is 1.13 bits per heavy atom. The summed E-state index contributed by atoms with van der Waals surface area (Å²) in [5.74, 6) is 2.02. The standard InChI is InChI=1S/C24H28N4OS/c1-18-8-7-13-21(14-18)28(16-20-11-3-2-4-12-20)23(29)17-30-24-25-22(26-27-24)15-19-9-5-6-10-19/h2-4,7-8,11-14,19H,5-6,9-10,15-17H2,1H3,(H,25,26,27). The van der Waals surface area contributed by atoms with Gasteiger partial charge in [0.1, 0.15) is 5.82 Å². The number of rotatable bonds is 8. The van der Waals surface area contributed by atoms with Crippen molar-refractivity contribution in [2.75, 3.05) is 10.7 Å². The van der Waals surface area contributed by atoms with Crippen molar-refractivity contribution in [3.05, 3.63) is 71.5 Å². The molecule has 4 rings (SSSR count). The number of carbonyl (C=O) groups is 1. The van der Waals surface area contributed by atoms with Gasteiger partial charge in [-0.15, -0.1) is 5.10 Å². The van der Waals surface area contributed by atoms with E-state index in [4.69, 9.17) is 0 Å². The van der Waals surface area contributed by atoms with Crippen LogP contribution in [0, 0.1) is 12.8 Å². The number of nitrogens with one attached hydrogen (secondary N) is 1. The maximum Gasteiger partial charge on any atom is 0.237 e. The molecule has 1 amide bonds. The Bertz CT molecular complexity index is 966. The minimum Gasteiger partial charge on any atom is -0.307 e. The Kier molecular flexibility index (Phi) is 6.84. The van der Waals surface area contributed by atoms with Gasteiger partial charge in [0.15, 0.2) is 0 Å². The van der Waals surface area contributed by atoms with E-state index in [1.54, 1.807) is 0 Å². The van der Waals surface area contributed by atoms with Crippen molar-refractivity contribution < 1.29 is 4.79 Å². The highest BCUT2D eigenvalue weighted by Crippen LogP contribution is 2.27. The number of thioether (sulfide) groups is 1. The molecule has 1 aliphatic rings. The molecule has 1 heterocycles. The quantitative estimate of drug-likeness (QED) is 0.511. The average Bonchev–Trinajstić information content (AvgIpc) is 3.43. The molecule has 1 aromatic heterocycles. The number of benzene rings is 2. The molecule has 156 valence electrons. The Balaban J connectivity index is 1.42. The number of aryl methyl sites for hydroxylation is 1. The Labute approximate surface area is 182 Å². The minimum absolute atomic E-state index is 0.0524. The first kappa shape index (κ1) is 20.7. The number of hydrogen-bond acceptors (Lipinski definition) is 4. The maximum atomic E-state index is 13.2. The van der Waals surface area contributed by atoms with Crippen molar-refractivity contribution >= 4 is 23.4 Å². The van der Waals surface area contributed by atoms with E-state index < -0.39 is 0 Å². The number of H-pyrrole nitrogens is 1. The lowest BCUT2D eigenvalue weighted by Crippen LogP contribution is -2.32. The lowest BCUT2D eigenvalue weighted by atomic mass is 10.0. The van der Waals surface area contributed by atoms with Crippen LogP contribution in [0.5, 0.6) is 0 Å². The highest BCUT2D eigenvalue weighted by Gasteiger charge is 2.20. The van der Waals surface area contributed by atoms with Crippen LogP contribution in [0.1, 0.15) is 42.6 Å². The molecule has 1 aliphatic carbocycles. The first-order valence-corrected chi connectivity index (χ1v) is 11.6. The SMILES string of the molecule is Cc1cccc(N(Cc2ccccc2)C(=O)CSc2n[nH]c(CC3CCCC3)n2)c1. The molecule has 2 aromatic carbocycles. The van der Waals surface area contributed by atoms with Crippen LogP contribution in [0.4, 0.5) is 5.69 Å². The monoisotopic (exact) mass is 420 g/mol. The van der Waals surface area contributed by atoms with Crippen molar-refractivity contribution in [2.45, 2.75) is 50.7 Å². The second-order valence-corrected chi connectivity index (χ2v) is 8.95. The molecule has 1 fully saturated rings. The summed E-state index contributed by atoms with van der Waals surface area (Å²) in [5, 5.41) is 8.03. The Morgan fingerprint density at radius 2 is 1.93 bits per heavy atom. The predicted molar refractivity (Wildman–Crippen MR) is 122 cm³/mol. The largest absolute Gasteiger partial charge is 0.307 e. The van der Waals surface area contributed by atoms with Gasteiger partial charge in [0.25, 0.3) is 0 Å². The van der Waals surface area contributed by atoms with Gasteiger partial charge in [0.05, 0.1) is 12.3 Å². The van der Waals surface area contributed by atoms with Gasteiger partial charge in [0.2, 0.25) is 11.1 Å². The second kappa shape index (κ2) is 9.94. The third-order valence-electron chi connectivity index (χ3n) is 5.59. The topological polar surface area (TPSA) is 61.9 Å². The summed E-state index contributed by atoms with van der Waals surface area (Å²) in [6.07, 6.45) is 6.18. The zero-order valence-corrected chi connectivity index (χ0v) is 18.2. The van der Waals surface area contributed by atoms with E-state index in [0.717, 1.165) is 35.0 Å². The Hall–Kier alpha value is -2.60. The molecule has 5 nitrogen and oxygen atoms in total. The minimum atomic E-state index is 0.0524. The molecule has 0 aliphatic heterocycles. The van der Waals surface area contributed by atoms with E-state index in [2.05, 4.69) is 21.2 Å². The molecule has 1 saturated carbocycles.